The Bertz CT molecular complexity index is 385. The second-order valence-corrected chi connectivity index (χ2v) is 6.18. The van der Waals surface area contributed by atoms with Crippen LogP contribution < -0.4 is 0 Å². The van der Waals surface area contributed by atoms with Gasteiger partial charge in [-0.2, -0.15) is 0 Å². The minimum absolute atomic E-state index is 0.0231. The second kappa shape index (κ2) is 4.76. The highest BCUT2D eigenvalue weighted by Crippen LogP contribution is 2.40. The van der Waals surface area contributed by atoms with Crippen molar-refractivity contribution in [3.8, 4) is 0 Å². The van der Waals surface area contributed by atoms with Crippen molar-refractivity contribution in [3.05, 3.63) is 0 Å². The molecule has 0 spiro atoms. The van der Waals surface area contributed by atoms with Crippen LogP contribution in [0.3, 0.4) is 0 Å². The maximum Gasteiger partial charge on any atom is 0.311 e. The minimum atomic E-state index is -1.14. The summed E-state index contributed by atoms with van der Waals surface area (Å²) in [5.41, 5.74) is -0.593. The van der Waals surface area contributed by atoms with Gasteiger partial charge in [0.25, 0.3) is 0 Å². The molecule has 2 fully saturated rings. The molecule has 6 heteroatoms. The van der Waals surface area contributed by atoms with Crippen molar-refractivity contribution in [2.24, 2.45) is 17.3 Å². The van der Waals surface area contributed by atoms with E-state index in [2.05, 4.69) is 0 Å². The first-order valence-corrected chi connectivity index (χ1v) is 6.43. The van der Waals surface area contributed by atoms with Gasteiger partial charge in [0.2, 0.25) is 0 Å². The Balaban J connectivity index is 1.98. The van der Waals surface area contributed by atoms with Crippen LogP contribution in [-0.4, -0.2) is 42.1 Å². The smallest absolute Gasteiger partial charge is 0.311 e. The first-order valence-electron chi connectivity index (χ1n) is 6.43. The number of fused-ring (bicyclic) bond motifs is 1. The maximum atomic E-state index is 11.7. The largest absolute Gasteiger partial charge is 0.463 e. The first kappa shape index (κ1) is 14.3. The highest BCUT2D eigenvalue weighted by atomic mass is 16.7. The third-order valence-electron chi connectivity index (χ3n) is 3.60. The third-order valence-corrected chi connectivity index (χ3v) is 3.60. The number of aliphatic hydroxyl groups is 1. The Labute approximate surface area is 112 Å². The lowest BCUT2D eigenvalue weighted by Gasteiger charge is -2.21. The van der Waals surface area contributed by atoms with Crippen LogP contribution in [0.5, 0.6) is 0 Å². The minimum Gasteiger partial charge on any atom is -0.463 e. The molecule has 5 atom stereocenters. The monoisotopic (exact) mass is 272 g/mol. The topological polar surface area (TPSA) is 82.1 Å². The molecule has 0 unspecified atom stereocenters. The van der Waals surface area contributed by atoms with E-state index in [1.807, 2.05) is 0 Å². The lowest BCUT2D eigenvalue weighted by molar-refractivity contribution is -0.175. The van der Waals surface area contributed by atoms with Crippen LogP contribution in [0.4, 0.5) is 0 Å². The predicted octanol–water partition coefficient (Wildman–Crippen LogP) is 0.471. The maximum absolute atomic E-state index is 11.7. The molecule has 2 saturated heterocycles. The van der Waals surface area contributed by atoms with Crippen LogP contribution in [0.1, 0.15) is 27.7 Å². The SMILES string of the molecule is C[C@H]1C(=O)O[C@H]2[C@@H]1[C@@H](COC(=O)C(C)(C)C)O[C@@H]2O. The fourth-order valence-corrected chi connectivity index (χ4v) is 2.42. The number of esters is 2. The van der Waals surface area contributed by atoms with E-state index in [0.717, 1.165) is 0 Å². The Morgan fingerprint density at radius 1 is 1.42 bits per heavy atom. The molecule has 0 saturated carbocycles. The standard InChI is InChI=1S/C13H20O6/c1-6-8-7(5-17-12(16)13(2,3)4)18-11(15)9(8)19-10(6)14/h6-9,11,15H,5H2,1-4H3/t6-,7-,8+,9+,11+/m1/s1. The summed E-state index contributed by atoms with van der Waals surface area (Å²) in [4.78, 5) is 23.2. The Morgan fingerprint density at radius 2 is 2.05 bits per heavy atom. The summed E-state index contributed by atoms with van der Waals surface area (Å²) in [6.07, 6.45) is -2.30. The van der Waals surface area contributed by atoms with Crippen LogP contribution in [0.25, 0.3) is 0 Å². The van der Waals surface area contributed by atoms with Gasteiger partial charge in [-0.1, -0.05) is 6.92 Å². The average Bonchev–Trinajstić information content (AvgIpc) is 2.75. The van der Waals surface area contributed by atoms with Crippen molar-refractivity contribution >= 4 is 11.9 Å². The summed E-state index contributed by atoms with van der Waals surface area (Å²) in [5, 5.41) is 9.69. The molecule has 0 aromatic heterocycles. The van der Waals surface area contributed by atoms with E-state index >= 15 is 0 Å². The highest BCUT2D eigenvalue weighted by molar-refractivity contribution is 5.76. The molecule has 108 valence electrons. The van der Waals surface area contributed by atoms with Gasteiger partial charge in [0.05, 0.1) is 11.3 Å². The second-order valence-electron chi connectivity index (χ2n) is 6.18. The normalized spacial score (nSPS) is 37.9. The van der Waals surface area contributed by atoms with Crippen molar-refractivity contribution in [1.82, 2.24) is 0 Å². The number of carbonyl (C=O) groups excluding carboxylic acids is 2. The highest BCUT2D eigenvalue weighted by Gasteiger charge is 2.56. The van der Waals surface area contributed by atoms with E-state index in [4.69, 9.17) is 14.2 Å². The molecule has 0 bridgehead atoms. The third kappa shape index (κ3) is 2.60. The van der Waals surface area contributed by atoms with Crippen molar-refractivity contribution in [3.63, 3.8) is 0 Å². The Hall–Kier alpha value is -1.14. The lowest BCUT2D eigenvalue weighted by atomic mass is 9.89. The van der Waals surface area contributed by atoms with Crippen molar-refractivity contribution in [2.45, 2.75) is 46.2 Å². The molecule has 6 nitrogen and oxygen atoms in total. The van der Waals surface area contributed by atoms with Gasteiger partial charge in [-0.3, -0.25) is 9.59 Å². The molecule has 19 heavy (non-hydrogen) atoms. The van der Waals surface area contributed by atoms with Crippen LogP contribution >= 0.6 is 0 Å². The van der Waals surface area contributed by atoms with Gasteiger partial charge in [0.1, 0.15) is 12.7 Å². The predicted molar refractivity (Wildman–Crippen MR) is 63.8 cm³/mol. The van der Waals surface area contributed by atoms with E-state index in [9.17, 15) is 14.7 Å². The number of rotatable bonds is 2. The van der Waals surface area contributed by atoms with Gasteiger partial charge in [0, 0.05) is 5.92 Å². The number of aliphatic hydroxyl groups excluding tert-OH is 1. The van der Waals surface area contributed by atoms with Gasteiger partial charge in [-0.05, 0) is 20.8 Å². The van der Waals surface area contributed by atoms with Crippen molar-refractivity contribution < 1.29 is 28.9 Å². The van der Waals surface area contributed by atoms with Crippen molar-refractivity contribution in [1.29, 1.82) is 0 Å². The lowest BCUT2D eigenvalue weighted by Crippen LogP contribution is -2.33. The summed E-state index contributed by atoms with van der Waals surface area (Å²) >= 11 is 0. The zero-order valence-electron chi connectivity index (χ0n) is 11.6. The van der Waals surface area contributed by atoms with E-state index < -0.39 is 23.9 Å². The summed E-state index contributed by atoms with van der Waals surface area (Å²) in [7, 11) is 0. The van der Waals surface area contributed by atoms with Crippen LogP contribution in [0, 0.1) is 17.3 Å². The number of ether oxygens (including phenoxy) is 3. The van der Waals surface area contributed by atoms with Crippen LogP contribution in [0.2, 0.25) is 0 Å². The van der Waals surface area contributed by atoms with Gasteiger partial charge in [0.15, 0.2) is 12.4 Å². The number of hydrogen-bond acceptors (Lipinski definition) is 6. The van der Waals surface area contributed by atoms with Crippen molar-refractivity contribution in [2.75, 3.05) is 6.61 Å². The molecule has 1 N–H and O–H groups in total. The molecule has 0 aromatic rings. The first-order chi connectivity index (χ1) is 8.71. The van der Waals surface area contributed by atoms with Gasteiger partial charge in [-0.25, -0.2) is 0 Å². The van der Waals surface area contributed by atoms with E-state index in [1.54, 1.807) is 27.7 Å². The quantitative estimate of drug-likeness (QED) is 0.736. The zero-order chi connectivity index (χ0) is 14.4. The molecular weight excluding hydrogens is 252 g/mol. The summed E-state index contributed by atoms with van der Waals surface area (Å²) in [5.74, 6) is -1.31. The van der Waals surface area contributed by atoms with Gasteiger partial charge < -0.3 is 19.3 Å². The average molecular weight is 272 g/mol. The molecule has 2 heterocycles. The summed E-state index contributed by atoms with van der Waals surface area (Å²) in [6, 6.07) is 0. The van der Waals surface area contributed by atoms with Gasteiger partial charge in [-0.15, -0.1) is 0 Å². The fourth-order valence-electron chi connectivity index (χ4n) is 2.42. The zero-order valence-corrected chi connectivity index (χ0v) is 11.6. The molecule has 0 aliphatic carbocycles. The molecular formula is C13H20O6. The molecule has 2 aliphatic rings. The van der Waals surface area contributed by atoms with Crippen LogP contribution in [0.15, 0.2) is 0 Å². The molecule has 0 aromatic carbocycles. The summed E-state index contributed by atoms with van der Waals surface area (Å²) in [6.45, 7) is 7.02. The fraction of sp³-hybridized carbons (Fsp3) is 0.846. The Morgan fingerprint density at radius 3 is 2.63 bits per heavy atom. The molecule has 2 aliphatic heterocycles. The van der Waals surface area contributed by atoms with Gasteiger partial charge >= 0.3 is 11.9 Å². The molecule has 0 amide bonds. The molecule has 0 radical (unpaired) electrons. The number of hydrogen-bond donors (Lipinski definition) is 1. The van der Waals surface area contributed by atoms with E-state index in [0.29, 0.717) is 0 Å². The van der Waals surface area contributed by atoms with Crippen LogP contribution in [-0.2, 0) is 23.8 Å². The Kier molecular flexibility index (Phi) is 3.57. The van der Waals surface area contributed by atoms with E-state index in [1.165, 1.54) is 0 Å². The summed E-state index contributed by atoms with van der Waals surface area (Å²) < 4.78 is 15.6. The molecule has 2 rings (SSSR count). The number of carbonyl (C=O) groups is 2. The van der Waals surface area contributed by atoms with E-state index in [-0.39, 0.29) is 30.4 Å².